The van der Waals surface area contributed by atoms with Crippen LogP contribution >= 0.6 is 33.9 Å². The Hall–Kier alpha value is -0.100. The number of hydrogen-bond donors (Lipinski definition) is 0. The summed E-state index contributed by atoms with van der Waals surface area (Å²) >= 11 is 3.91. The quantitative estimate of drug-likeness (QED) is 0.710. The zero-order valence-electron chi connectivity index (χ0n) is 9.41. The average molecular weight is 349 g/mol. The molecule has 16 heavy (non-hydrogen) atoms. The predicted octanol–water partition coefficient (Wildman–Crippen LogP) is 3.61. The number of amides is 1. The Morgan fingerprint density at radius 1 is 1.50 bits per heavy atom. The van der Waals surface area contributed by atoms with Gasteiger partial charge < -0.3 is 4.90 Å². The summed E-state index contributed by atoms with van der Waals surface area (Å²) in [5, 5.41) is 1.97. The third kappa shape index (κ3) is 2.97. The molecule has 1 fully saturated rings. The Balaban J connectivity index is 2.04. The van der Waals surface area contributed by atoms with Gasteiger partial charge in [-0.3, -0.25) is 4.79 Å². The number of likely N-dealkylation sites (tertiary alicyclic amines) is 1. The molecule has 0 aliphatic carbocycles. The normalized spacial score (nSPS) is 21.9. The van der Waals surface area contributed by atoms with Gasteiger partial charge >= 0.3 is 0 Å². The first-order valence-electron chi connectivity index (χ1n) is 5.70. The molecule has 0 bridgehead atoms. The smallest absolute Gasteiger partial charge is 0.254 e. The molecule has 1 aromatic rings. The monoisotopic (exact) mass is 349 g/mol. The summed E-state index contributed by atoms with van der Waals surface area (Å²) in [6.07, 6.45) is 3.55. The van der Waals surface area contributed by atoms with Crippen molar-refractivity contribution in [1.82, 2.24) is 4.90 Å². The average Bonchev–Trinajstić information content (AvgIpc) is 2.57. The largest absolute Gasteiger partial charge is 0.339 e. The molecule has 0 saturated carbocycles. The minimum absolute atomic E-state index is 0.216. The van der Waals surface area contributed by atoms with Gasteiger partial charge in [-0.2, -0.15) is 0 Å². The molecule has 0 radical (unpaired) electrons. The lowest BCUT2D eigenvalue weighted by Crippen LogP contribution is -2.31. The van der Waals surface area contributed by atoms with E-state index in [2.05, 4.69) is 29.5 Å². The van der Waals surface area contributed by atoms with Gasteiger partial charge in [-0.15, -0.1) is 11.3 Å². The molecule has 1 saturated heterocycles. The number of thiophene rings is 1. The molecule has 2 nitrogen and oxygen atoms in total. The molecule has 0 spiro atoms. The SMILES string of the molecule is CC1CCCN(C(=O)c2csc(I)c2)CC1. The van der Waals surface area contributed by atoms with Crippen LogP contribution in [0.25, 0.3) is 0 Å². The van der Waals surface area contributed by atoms with Gasteiger partial charge in [-0.05, 0) is 53.8 Å². The molecule has 0 N–H and O–H groups in total. The highest BCUT2D eigenvalue weighted by atomic mass is 127. The zero-order valence-corrected chi connectivity index (χ0v) is 12.4. The van der Waals surface area contributed by atoms with Crippen molar-refractivity contribution in [2.75, 3.05) is 13.1 Å². The Bertz CT molecular complexity index is 377. The van der Waals surface area contributed by atoms with Crippen molar-refractivity contribution in [3.8, 4) is 0 Å². The number of carbonyl (C=O) groups excluding carboxylic acids is 1. The van der Waals surface area contributed by atoms with E-state index in [0.29, 0.717) is 0 Å². The van der Waals surface area contributed by atoms with Crippen molar-refractivity contribution in [1.29, 1.82) is 0 Å². The van der Waals surface area contributed by atoms with Crippen LogP contribution in [0.5, 0.6) is 0 Å². The first kappa shape index (κ1) is 12.4. The lowest BCUT2D eigenvalue weighted by molar-refractivity contribution is 0.0761. The van der Waals surface area contributed by atoms with Crippen LogP contribution in [0.3, 0.4) is 0 Å². The van der Waals surface area contributed by atoms with Crippen LogP contribution in [0.15, 0.2) is 11.4 Å². The van der Waals surface area contributed by atoms with Crippen molar-refractivity contribution < 1.29 is 4.79 Å². The molecule has 88 valence electrons. The molecular formula is C12H16INOS. The van der Waals surface area contributed by atoms with Crippen LogP contribution in [-0.2, 0) is 0 Å². The molecule has 1 amide bonds. The summed E-state index contributed by atoms with van der Waals surface area (Å²) < 4.78 is 1.18. The van der Waals surface area contributed by atoms with Crippen molar-refractivity contribution >= 4 is 39.8 Å². The lowest BCUT2D eigenvalue weighted by Gasteiger charge is -2.19. The second-order valence-corrected chi connectivity index (χ2v) is 7.27. The molecule has 1 aromatic heterocycles. The standard InChI is InChI=1S/C12H16INOS/c1-9-3-2-5-14(6-4-9)12(15)10-7-11(13)16-8-10/h7-9H,2-6H2,1H3. The summed E-state index contributed by atoms with van der Waals surface area (Å²) in [7, 11) is 0. The summed E-state index contributed by atoms with van der Waals surface area (Å²) in [5.74, 6) is 0.980. The highest BCUT2D eigenvalue weighted by Crippen LogP contribution is 2.21. The molecule has 2 heterocycles. The molecule has 0 aromatic carbocycles. The minimum atomic E-state index is 0.216. The van der Waals surface area contributed by atoms with E-state index in [0.717, 1.165) is 37.4 Å². The number of nitrogens with zero attached hydrogens (tertiary/aromatic N) is 1. The lowest BCUT2D eigenvalue weighted by atomic mass is 10.0. The van der Waals surface area contributed by atoms with Gasteiger partial charge in [0.1, 0.15) is 0 Å². The number of hydrogen-bond acceptors (Lipinski definition) is 2. The predicted molar refractivity (Wildman–Crippen MR) is 76.0 cm³/mol. The van der Waals surface area contributed by atoms with Crippen molar-refractivity contribution in [3.63, 3.8) is 0 Å². The Labute approximate surface area is 114 Å². The summed E-state index contributed by atoms with van der Waals surface area (Å²) in [6, 6.07) is 1.99. The first-order valence-corrected chi connectivity index (χ1v) is 7.66. The van der Waals surface area contributed by atoms with Gasteiger partial charge in [0.2, 0.25) is 0 Å². The van der Waals surface area contributed by atoms with E-state index in [1.54, 1.807) is 11.3 Å². The summed E-state index contributed by atoms with van der Waals surface area (Å²) in [5.41, 5.74) is 0.865. The van der Waals surface area contributed by atoms with E-state index in [1.165, 1.54) is 9.30 Å². The number of halogens is 1. The van der Waals surface area contributed by atoms with Gasteiger partial charge in [0.05, 0.1) is 8.45 Å². The van der Waals surface area contributed by atoms with Crippen LogP contribution in [-0.4, -0.2) is 23.9 Å². The zero-order chi connectivity index (χ0) is 11.5. The molecule has 2 rings (SSSR count). The van der Waals surface area contributed by atoms with Crippen LogP contribution in [0.2, 0.25) is 0 Å². The Kier molecular flexibility index (Phi) is 4.24. The Morgan fingerprint density at radius 2 is 2.31 bits per heavy atom. The van der Waals surface area contributed by atoms with Crippen molar-refractivity contribution in [2.24, 2.45) is 5.92 Å². The summed E-state index contributed by atoms with van der Waals surface area (Å²) in [4.78, 5) is 14.2. The van der Waals surface area contributed by atoms with Crippen LogP contribution in [0.4, 0.5) is 0 Å². The molecule has 1 aliphatic rings. The highest BCUT2D eigenvalue weighted by Gasteiger charge is 2.20. The molecule has 1 atom stereocenters. The second-order valence-electron chi connectivity index (χ2n) is 4.47. The fourth-order valence-corrected chi connectivity index (χ4v) is 3.39. The fraction of sp³-hybridized carbons (Fsp3) is 0.583. The first-order chi connectivity index (χ1) is 7.66. The van der Waals surface area contributed by atoms with Crippen molar-refractivity contribution in [3.05, 3.63) is 19.9 Å². The van der Waals surface area contributed by atoms with Crippen LogP contribution in [0.1, 0.15) is 36.5 Å². The number of rotatable bonds is 1. The van der Waals surface area contributed by atoms with Crippen molar-refractivity contribution in [2.45, 2.75) is 26.2 Å². The van der Waals surface area contributed by atoms with Gasteiger partial charge in [0.15, 0.2) is 0 Å². The third-order valence-corrected chi connectivity index (χ3v) is 4.91. The minimum Gasteiger partial charge on any atom is -0.339 e. The molecule has 1 aliphatic heterocycles. The maximum Gasteiger partial charge on any atom is 0.254 e. The van der Waals surface area contributed by atoms with E-state index >= 15 is 0 Å². The van der Waals surface area contributed by atoms with Gasteiger partial charge in [-0.1, -0.05) is 6.92 Å². The topological polar surface area (TPSA) is 20.3 Å². The fourth-order valence-electron chi connectivity index (χ4n) is 2.07. The molecule has 4 heteroatoms. The number of carbonyl (C=O) groups is 1. The molecule has 1 unspecified atom stereocenters. The van der Waals surface area contributed by atoms with E-state index in [-0.39, 0.29) is 5.91 Å². The van der Waals surface area contributed by atoms with Crippen LogP contribution < -0.4 is 0 Å². The van der Waals surface area contributed by atoms with E-state index in [4.69, 9.17) is 0 Å². The highest BCUT2D eigenvalue weighted by molar-refractivity contribution is 14.1. The van der Waals surface area contributed by atoms with E-state index in [1.807, 2.05) is 16.3 Å². The maximum absolute atomic E-state index is 12.2. The van der Waals surface area contributed by atoms with Gasteiger partial charge in [0.25, 0.3) is 5.91 Å². The molecular weight excluding hydrogens is 333 g/mol. The maximum atomic E-state index is 12.2. The van der Waals surface area contributed by atoms with Gasteiger partial charge in [-0.25, -0.2) is 0 Å². The Morgan fingerprint density at radius 3 is 3.00 bits per heavy atom. The van der Waals surface area contributed by atoms with Crippen LogP contribution in [0, 0.1) is 8.80 Å². The second kappa shape index (κ2) is 5.49. The van der Waals surface area contributed by atoms with E-state index < -0.39 is 0 Å². The summed E-state index contributed by atoms with van der Waals surface area (Å²) in [6.45, 7) is 4.13. The third-order valence-electron chi connectivity index (χ3n) is 3.12. The van der Waals surface area contributed by atoms with E-state index in [9.17, 15) is 4.79 Å². The van der Waals surface area contributed by atoms with Gasteiger partial charge in [0, 0.05) is 18.5 Å².